The van der Waals surface area contributed by atoms with Gasteiger partial charge in [0.1, 0.15) is 0 Å². The molecule has 0 aromatic heterocycles. The van der Waals surface area contributed by atoms with Crippen LogP contribution < -0.4 is 10.0 Å². The second kappa shape index (κ2) is 6.69. The normalized spacial score (nSPS) is 16.9. The molecule has 2 N–H and O–H groups in total. The van der Waals surface area contributed by atoms with Crippen LogP contribution in [-0.2, 0) is 20.8 Å². The zero-order valence-electron chi connectivity index (χ0n) is 11.5. The molecule has 0 amide bonds. The maximum Gasteiger partial charge on any atom is 0.240 e. The van der Waals surface area contributed by atoms with Gasteiger partial charge in [-0.3, -0.25) is 4.21 Å². The third-order valence-corrected chi connectivity index (χ3v) is 5.40. The molecule has 2 rings (SSSR count). The summed E-state index contributed by atoms with van der Waals surface area (Å²) in [5.74, 6) is 0.671. The Morgan fingerprint density at radius 3 is 2.45 bits per heavy atom. The Kier molecular flexibility index (Phi) is 5.17. The van der Waals surface area contributed by atoms with E-state index in [0.29, 0.717) is 10.6 Å². The summed E-state index contributed by atoms with van der Waals surface area (Å²) in [4.78, 5) is 0.296. The van der Waals surface area contributed by atoms with Gasteiger partial charge in [0, 0.05) is 41.1 Å². The first kappa shape index (κ1) is 15.5. The molecule has 1 aromatic carbocycles. The first-order chi connectivity index (χ1) is 9.47. The van der Waals surface area contributed by atoms with Crippen LogP contribution >= 0.6 is 0 Å². The van der Waals surface area contributed by atoms with E-state index in [1.165, 1.54) is 0 Å². The largest absolute Gasteiger partial charge is 0.385 e. The third-order valence-electron chi connectivity index (χ3n) is 3.00. The Labute approximate surface area is 122 Å². The lowest BCUT2D eigenvalue weighted by atomic mass is 10.3. The van der Waals surface area contributed by atoms with Gasteiger partial charge in [-0.15, -0.1) is 0 Å². The van der Waals surface area contributed by atoms with Crippen LogP contribution in [0.1, 0.15) is 19.3 Å². The van der Waals surface area contributed by atoms with Crippen LogP contribution in [0.5, 0.6) is 0 Å². The highest BCUT2D eigenvalue weighted by Crippen LogP contribution is 2.22. The second-order valence-electron chi connectivity index (χ2n) is 4.98. The van der Waals surface area contributed by atoms with Crippen molar-refractivity contribution in [1.82, 2.24) is 4.72 Å². The molecule has 1 unspecified atom stereocenters. The van der Waals surface area contributed by atoms with Crippen LogP contribution in [0.25, 0.3) is 0 Å². The summed E-state index contributed by atoms with van der Waals surface area (Å²) in [6.45, 7) is 0.728. The lowest BCUT2D eigenvalue weighted by Crippen LogP contribution is -2.25. The molecule has 1 aromatic rings. The zero-order valence-corrected chi connectivity index (χ0v) is 13.1. The summed E-state index contributed by atoms with van der Waals surface area (Å²) in [6, 6.07) is 6.83. The molecule has 5 nitrogen and oxygen atoms in total. The van der Waals surface area contributed by atoms with E-state index in [1.54, 1.807) is 30.5 Å². The van der Waals surface area contributed by atoms with E-state index in [2.05, 4.69) is 10.0 Å². The number of nitrogens with one attached hydrogen (secondary N) is 2. The molecule has 7 heteroatoms. The number of anilines is 1. The van der Waals surface area contributed by atoms with Crippen molar-refractivity contribution in [2.75, 3.05) is 23.9 Å². The van der Waals surface area contributed by atoms with Crippen LogP contribution in [0, 0.1) is 0 Å². The molecule has 0 aliphatic heterocycles. The Bertz CT molecular complexity index is 566. The minimum atomic E-state index is -3.37. The highest BCUT2D eigenvalue weighted by atomic mass is 32.2. The summed E-state index contributed by atoms with van der Waals surface area (Å²) in [6.07, 6.45) is 4.37. The smallest absolute Gasteiger partial charge is 0.240 e. The number of rotatable bonds is 8. The maximum absolute atomic E-state index is 12.0. The van der Waals surface area contributed by atoms with Crippen molar-refractivity contribution in [1.29, 1.82) is 0 Å². The summed E-state index contributed by atoms with van der Waals surface area (Å²) < 4.78 is 37.5. The van der Waals surface area contributed by atoms with Gasteiger partial charge in [-0.2, -0.15) is 0 Å². The van der Waals surface area contributed by atoms with Crippen LogP contribution in [0.2, 0.25) is 0 Å². The molecule has 0 spiro atoms. The van der Waals surface area contributed by atoms with Crippen LogP contribution in [0.15, 0.2) is 29.2 Å². The van der Waals surface area contributed by atoms with E-state index in [4.69, 9.17) is 0 Å². The topological polar surface area (TPSA) is 75.3 Å². The minimum absolute atomic E-state index is 0.118. The number of sulfonamides is 1. The van der Waals surface area contributed by atoms with E-state index in [-0.39, 0.29) is 6.04 Å². The van der Waals surface area contributed by atoms with Gasteiger partial charge in [0.2, 0.25) is 10.0 Å². The minimum Gasteiger partial charge on any atom is -0.385 e. The Morgan fingerprint density at radius 1 is 1.25 bits per heavy atom. The fourth-order valence-electron chi connectivity index (χ4n) is 1.75. The second-order valence-corrected chi connectivity index (χ2v) is 8.25. The van der Waals surface area contributed by atoms with Gasteiger partial charge in [-0.05, 0) is 43.5 Å². The van der Waals surface area contributed by atoms with Gasteiger partial charge in [-0.25, -0.2) is 13.1 Å². The highest BCUT2D eigenvalue weighted by molar-refractivity contribution is 7.89. The molecule has 0 bridgehead atoms. The van der Waals surface area contributed by atoms with E-state index in [9.17, 15) is 12.6 Å². The highest BCUT2D eigenvalue weighted by Gasteiger charge is 2.27. The standard InChI is InChI=1S/C13H20N2O3S2/c1-19(16)10-2-9-14-11-5-7-13(8-6-11)20(17,18)15-12-3-4-12/h5-8,12,14-15H,2-4,9-10H2,1H3. The number of hydrogen-bond donors (Lipinski definition) is 2. The molecular formula is C13H20N2O3S2. The van der Waals surface area contributed by atoms with Crippen LogP contribution in [-0.4, -0.2) is 37.2 Å². The van der Waals surface area contributed by atoms with E-state index >= 15 is 0 Å². The molecule has 1 atom stereocenters. The van der Waals surface area contributed by atoms with Crippen molar-refractivity contribution in [3.63, 3.8) is 0 Å². The molecule has 1 aliphatic rings. The van der Waals surface area contributed by atoms with Crippen molar-refractivity contribution in [2.45, 2.75) is 30.2 Å². The molecule has 0 saturated heterocycles. The van der Waals surface area contributed by atoms with Gasteiger partial charge in [-0.1, -0.05) is 0 Å². The predicted octanol–water partition coefficient (Wildman–Crippen LogP) is 1.31. The van der Waals surface area contributed by atoms with E-state index in [1.807, 2.05) is 0 Å². The molecular weight excluding hydrogens is 296 g/mol. The summed E-state index contributed by atoms with van der Waals surface area (Å²) in [7, 11) is -4.13. The monoisotopic (exact) mass is 316 g/mol. The van der Waals surface area contributed by atoms with Gasteiger partial charge >= 0.3 is 0 Å². The predicted molar refractivity (Wildman–Crippen MR) is 81.8 cm³/mol. The first-order valence-corrected chi connectivity index (χ1v) is 9.85. The molecule has 20 heavy (non-hydrogen) atoms. The van der Waals surface area contributed by atoms with Crippen LogP contribution in [0.3, 0.4) is 0 Å². The lowest BCUT2D eigenvalue weighted by Gasteiger charge is -2.08. The molecule has 0 radical (unpaired) electrons. The summed E-state index contributed by atoms with van der Waals surface area (Å²) in [5.41, 5.74) is 0.872. The number of benzene rings is 1. The summed E-state index contributed by atoms with van der Waals surface area (Å²) in [5, 5.41) is 3.18. The molecule has 0 heterocycles. The Morgan fingerprint density at radius 2 is 1.90 bits per heavy atom. The Hall–Kier alpha value is -0.920. The molecule has 1 fully saturated rings. The lowest BCUT2D eigenvalue weighted by molar-refractivity contribution is 0.581. The fraction of sp³-hybridized carbons (Fsp3) is 0.538. The van der Waals surface area contributed by atoms with Crippen LogP contribution in [0.4, 0.5) is 5.69 Å². The van der Waals surface area contributed by atoms with Crippen molar-refractivity contribution < 1.29 is 12.6 Å². The number of hydrogen-bond acceptors (Lipinski definition) is 4. The van der Waals surface area contributed by atoms with Gasteiger partial charge in [0.05, 0.1) is 4.90 Å². The van der Waals surface area contributed by atoms with Gasteiger partial charge < -0.3 is 5.32 Å². The molecule has 1 saturated carbocycles. The maximum atomic E-state index is 12.0. The van der Waals surface area contributed by atoms with Crippen molar-refractivity contribution in [3.05, 3.63) is 24.3 Å². The molecule has 112 valence electrons. The van der Waals surface area contributed by atoms with Gasteiger partial charge in [0.25, 0.3) is 0 Å². The van der Waals surface area contributed by atoms with Gasteiger partial charge in [0.15, 0.2) is 0 Å². The third kappa shape index (κ3) is 4.88. The first-order valence-electron chi connectivity index (χ1n) is 6.64. The van der Waals surface area contributed by atoms with E-state index in [0.717, 1.165) is 31.5 Å². The summed E-state index contributed by atoms with van der Waals surface area (Å²) >= 11 is 0. The fourth-order valence-corrected chi connectivity index (χ4v) is 3.60. The average molecular weight is 316 g/mol. The van der Waals surface area contributed by atoms with Crippen molar-refractivity contribution >= 4 is 26.5 Å². The van der Waals surface area contributed by atoms with Crippen molar-refractivity contribution in [3.8, 4) is 0 Å². The SMILES string of the molecule is CS(=O)CCCNc1ccc(S(=O)(=O)NC2CC2)cc1. The molecule has 1 aliphatic carbocycles. The van der Waals surface area contributed by atoms with E-state index < -0.39 is 20.8 Å². The quantitative estimate of drug-likeness (QED) is 0.709. The Balaban J connectivity index is 1.87. The van der Waals surface area contributed by atoms with Crippen molar-refractivity contribution in [2.24, 2.45) is 0 Å². The zero-order chi connectivity index (χ0) is 14.6. The average Bonchev–Trinajstić information content (AvgIpc) is 3.18.